The van der Waals surface area contributed by atoms with Crippen LogP contribution in [0.4, 0.5) is 0 Å². The molecule has 0 fully saturated rings. The zero-order valence-electron chi connectivity index (χ0n) is 12.7. The molecule has 1 atom stereocenters. The van der Waals surface area contributed by atoms with Crippen LogP contribution >= 0.6 is 0 Å². The zero-order chi connectivity index (χ0) is 17.7. The number of carbonyl (C=O) groups is 2. The third kappa shape index (κ3) is 3.33. The van der Waals surface area contributed by atoms with E-state index in [0.29, 0.717) is 5.56 Å². The Morgan fingerprint density at radius 1 is 1.33 bits per heavy atom. The van der Waals surface area contributed by atoms with Crippen LogP contribution in [0.3, 0.4) is 0 Å². The van der Waals surface area contributed by atoms with Crippen molar-refractivity contribution >= 4 is 11.9 Å². The standard InChI is InChI=1S/C17H13NO6/c1-2-23-17(22)14(15(19)20)11-8-13(10-6-4-3-5-7-10)24-16(21)12(11)9-18/h3-8,14H,2H2,1H3,(H,19,20). The van der Waals surface area contributed by atoms with Gasteiger partial charge in [-0.3, -0.25) is 9.59 Å². The molecule has 1 heterocycles. The largest absolute Gasteiger partial charge is 0.480 e. The third-order valence-electron chi connectivity index (χ3n) is 3.23. The second-order valence-electron chi connectivity index (χ2n) is 4.73. The Hall–Kier alpha value is -3.40. The van der Waals surface area contributed by atoms with Crippen molar-refractivity contribution in [3.8, 4) is 17.4 Å². The van der Waals surface area contributed by atoms with Crippen molar-refractivity contribution in [3.05, 3.63) is 57.9 Å². The summed E-state index contributed by atoms with van der Waals surface area (Å²) in [5.74, 6) is -4.29. The van der Waals surface area contributed by atoms with E-state index in [1.807, 2.05) is 0 Å². The number of hydrogen-bond donors (Lipinski definition) is 1. The van der Waals surface area contributed by atoms with E-state index in [1.54, 1.807) is 36.4 Å². The topological polar surface area (TPSA) is 118 Å². The highest BCUT2D eigenvalue weighted by Gasteiger charge is 2.34. The molecule has 0 spiro atoms. The molecule has 1 aromatic carbocycles. The molecule has 1 unspecified atom stereocenters. The first kappa shape index (κ1) is 17.0. The van der Waals surface area contributed by atoms with Gasteiger partial charge in [-0.2, -0.15) is 5.26 Å². The molecule has 2 aromatic rings. The number of carboxylic acid groups (broad SMARTS) is 1. The van der Waals surface area contributed by atoms with Crippen molar-refractivity contribution in [3.63, 3.8) is 0 Å². The van der Waals surface area contributed by atoms with Crippen molar-refractivity contribution in [2.24, 2.45) is 0 Å². The van der Waals surface area contributed by atoms with E-state index in [9.17, 15) is 19.5 Å². The number of nitrogens with zero attached hydrogens (tertiary/aromatic N) is 1. The van der Waals surface area contributed by atoms with Crippen LogP contribution in [-0.2, 0) is 14.3 Å². The van der Waals surface area contributed by atoms with Gasteiger partial charge < -0.3 is 14.3 Å². The van der Waals surface area contributed by atoms with Crippen LogP contribution in [0.2, 0.25) is 0 Å². The second kappa shape index (κ2) is 7.24. The summed E-state index contributed by atoms with van der Waals surface area (Å²) in [5.41, 5.74) is -1.29. The molecule has 24 heavy (non-hydrogen) atoms. The first-order valence-corrected chi connectivity index (χ1v) is 7.02. The monoisotopic (exact) mass is 327 g/mol. The number of rotatable bonds is 5. The van der Waals surface area contributed by atoms with Gasteiger partial charge in [-0.15, -0.1) is 0 Å². The SMILES string of the molecule is CCOC(=O)C(C(=O)O)c1cc(-c2ccccc2)oc(=O)c1C#N. The van der Waals surface area contributed by atoms with Crippen LogP contribution in [0.15, 0.2) is 45.6 Å². The van der Waals surface area contributed by atoms with Crippen LogP contribution < -0.4 is 5.63 Å². The molecule has 0 radical (unpaired) electrons. The molecule has 0 bridgehead atoms. The second-order valence-corrected chi connectivity index (χ2v) is 4.73. The van der Waals surface area contributed by atoms with E-state index >= 15 is 0 Å². The number of nitriles is 1. The molecule has 2 rings (SSSR count). The van der Waals surface area contributed by atoms with Gasteiger partial charge in [0.2, 0.25) is 0 Å². The normalized spacial score (nSPS) is 11.3. The molecular weight excluding hydrogens is 314 g/mol. The van der Waals surface area contributed by atoms with Crippen LogP contribution in [0.1, 0.15) is 24.0 Å². The number of benzene rings is 1. The Labute approximate surface area is 136 Å². The Morgan fingerprint density at radius 3 is 2.54 bits per heavy atom. The average molecular weight is 327 g/mol. The smallest absolute Gasteiger partial charge is 0.354 e. The Morgan fingerprint density at radius 2 is 2.00 bits per heavy atom. The van der Waals surface area contributed by atoms with Gasteiger partial charge in [-0.1, -0.05) is 30.3 Å². The molecule has 1 aromatic heterocycles. The molecule has 0 saturated carbocycles. The minimum absolute atomic E-state index is 0.0303. The van der Waals surface area contributed by atoms with Crippen molar-refractivity contribution in [2.45, 2.75) is 12.8 Å². The Bertz CT molecular complexity index is 863. The van der Waals surface area contributed by atoms with E-state index in [4.69, 9.17) is 14.4 Å². The van der Waals surface area contributed by atoms with Crippen molar-refractivity contribution in [1.82, 2.24) is 0 Å². The lowest BCUT2D eigenvalue weighted by molar-refractivity contribution is -0.153. The lowest BCUT2D eigenvalue weighted by Gasteiger charge is -2.13. The Kier molecular flexibility index (Phi) is 5.12. The molecule has 7 nitrogen and oxygen atoms in total. The minimum Gasteiger partial charge on any atom is -0.480 e. The number of hydrogen-bond acceptors (Lipinski definition) is 6. The van der Waals surface area contributed by atoms with Gasteiger partial charge in [-0.25, -0.2) is 4.79 Å². The maximum atomic E-state index is 12.0. The minimum atomic E-state index is -1.79. The molecule has 0 saturated heterocycles. The lowest BCUT2D eigenvalue weighted by atomic mass is 9.94. The summed E-state index contributed by atoms with van der Waals surface area (Å²) in [6.45, 7) is 1.49. The van der Waals surface area contributed by atoms with E-state index < -0.39 is 29.0 Å². The van der Waals surface area contributed by atoms with E-state index in [0.717, 1.165) is 0 Å². The summed E-state index contributed by atoms with van der Waals surface area (Å²) >= 11 is 0. The number of aliphatic carboxylic acids is 1. The molecule has 1 N–H and O–H groups in total. The zero-order valence-corrected chi connectivity index (χ0v) is 12.7. The molecule has 7 heteroatoms. The maximum absolute atomic E-state index is 12.0. The van der Waals surface area contributed by atoms with Crippen molar-refractivity contribution < 1.29 is 23.8 Å². The number of carboxylic acids is 1. The average Bonchev–Trinajstić information content (AvgIpc) is 2.55. The summed E-state index contributed by atoms with van der Waals surface area (Å²) in [6.07, 6.45) is 0. The molecule has 0 amide bonds. The fourth-order valence-electron chi connectivity index (χ4n) is 2.18. The maximum Gasteiger partial charge on any atom is 0.354 e. The molecule has 0 aliphatic rings. The summed E-state index contributed by atoms with van der Waals surface area (Å²) in [7, 11) is 0. The van der Waals surface area contributed by atoms with Gasteiger partial charge in [0.15, 0.2) is 5.92 Å². The van der Waals surface area contributed by atoms with E-state index in [1.165, 1.54) is 13.0 Å². The highest BCUT2D eigenvalue weighted by Crippen LogP contribution is 2.26. The third-order valence-corrected chi connectivity index (χ3v) is 3.23. The van der Waals surface area contributed by atoms with Gasteiger partial charge >= 0.3 is 17.6 Å². The summed E-state index contributed by atoms with van der Waals surface area (Å²) in [5, 5.41) is 18.5. The van der Waals surface area contributed by atoms with E-state index in [2.05, 4.69) is 0 Å². The molecule has 122 valence electrons. The number of esters is 1. The summed E-state index contributed by atoms with van der Waals surface area (Å²) in [6, 6.07) is 11.3. The van der Waals surface area contributed by atoms with Crippen LogP contribution in [-0.4, -0.2) is 23.7 Å². The van der Waals surface area contributed by atoms with Crippen molar-refractivity contribution in [2.75, 3.05) is 6.61 Å². The Balaban J connectivity index is 2.69. The van der Waals surface area contributed by atoms with Crippen LogP contribution in [0.5, 0.6) is 0 Å². The number of ether oxygens (including phenoxy) is 1. The summed E-state index contributed by atoms with van der Waals surface area (Å²) < 4.78 is 9.82. The fraction of sp³-hybridized carbons (Fsp3) is 0.176. The van der Waals surface area contributed by atoms with E-state index in [-0.39, 0.29) is 17.9 Å². The van der Waals surface area contributed by atoms with Gasteiger partial charge in [0.05, 0.1) is 6.61 Å². The quantitative estimate of drug-likeness (QED) is 0.658. The van der Waals surface area contributed by atoms with Gasteiger partial charge in [0.25, 0.3) is 0 Å². The highest BCUT2D eigenvalue weighted by molar-refractivity contribution is 6.00. The predicted octanol–water partition coefficient (Wildman–Crippen LogP) is 1.91. The van der Waals surface area contributed by atoms with Gasteiger partial charge in [0, 0.05) is 11.1 Å². The number of carbonyl (C=O) groups excluding carboxylic acids is 1. The predicted molar refractivity (Wildman–Crippen MR) is 82.1 cm³/mol. The van der Waals surface area contributed by atoms with Crippen molar-refractivity contribution in [1.29, 1.82) is 5.26 Å². The van der Waals surface area contributed by atoms with Crippen LogP contribution in [0.25, 0.3) is 11.3 Å². The van der Waals surface area contributed by atoms with Gasteiger partial charge in [0.1, 0.15) is 17.4 Å². The molecule has 0 aliphatic heterocycles. The molecular formula is C17H13NO6. The first-order valence-electron chi connectivity index (χ1n) is 7.02. The lowest BCUT2D eigenvalue weighted by Crippen LogP contribution is -2.26. The van der Waals surface area contributed by atoms with Crippen LogP contribution in [0, 0.1) is 11.3 Å². The summed E-state index contributed by atoms with van der Waals surface area (Å²) in [4.78, 5) is 35.5. The highest BCUT2D eigenvalue weighted by atomic mass is 16.5. The van der Waals surface area contributed by atoms with Gasteiger partial charge in [-0.05, 0) is 13.0 Å². The fourth-order valence-corrected chi connectivity index (χ4v) is 2.18. The molecule has 0 aliphatic carbocycles. The first-order chi connectivity index (χ1) is 11.5.